The minimum absolute atomic E-state index is 0.0150. The monoisotopic (exact) mass is 390 g/mol. The van der Waals surface area contributed by atoms with Crippen LogP contribution in [0.4, 0.5) is 5.82 Å². The molecule has 148 valence electrons. The van der Waals surface area contributed by atoms with Crippen molar-refractivity contribution in [3.8, 4) is 0 Å². The molecule has 4 nitrogen and oxygen atoms in total. The summed E-state index contributed by atoms with van der Waals surface area (Å²) in [5.74, 6) is 0.784. The van der Waals surface area contributed by atoms with Crippen molar-refractivity contribution in [2.75, 3.05) is 0 Å². The smallest absolute Gasteiger partial charge is 0.188 e. The van der Waals surface area contributed by atoms with E-state index in [1.807, 2.05) is 0 Å². The predicted molar refractivity (Wildman–Crippen MR) is 109 cm³/mol. The number of aliphatic imine (C=N–C) groups is 1. The number of rotatable bonds is 1. The van der Waals surface area contributed by atoms with Gasteiger partial charge in [0, 0.05) is 33.9 Å². The highest BCUT2D eigenvalue weighted by Crippen LogP contribution is 2.57. The van der Waals surface area contributed by atoms with E-state index in [1.54, 1.807) is 6.20 Å². The largest absolute Gasteiger partial charge is 0.339 e. The summed E-state index contributed by atoms with van der Waals surface area (Å²) in [6, 6.07) is 0. The van der Waals surface area contributed by atoms with Crippen molar-refractivity contribution in [3.63, 3.8) is 0 Å². The minimum atomic E-state index is -0.502. The molecule has 2 aliphatic heterocycles. The number of halogens is 1. The molecule has 0 amide bonds. The van der Waals surface area contributed by atoms with Crippen LogP contribution in [0.2, 0.25) is 5.02 Å². The molecular weight excluding hydrogens is 360 g/mol. The number of pyridine rings is 1. The summed E-state index contributed by atoms with van der Waals surface area (Å²) in [5.41, 5.74) is 2.24. The van der Waals surface area contributed by atoms with E-state index in [2.05, 4.69) is 48.5 Å². The SMILES string of the molecule is CC(C)(C)C1=Nc2ncc(C3OC(C)(C)C(C)(C)O3)c(Cl)c2C12CCCC2. The van der Waals surface area contributed by atoms with Crippen LogP contribution in [-0.4, -0.2) is 21.9 Å². The molecule has 3 heterocycles. The molecular formula is C22H31ClN2O2. The van der Waals surface area contributed by atoms with Gasteiger partial charge in [-0.3, -0.25) is 0 Å². The zero-order valence-corrected chi connectivity index (χ0v) is 18.3. The Morgan fingerprint density at radius 2 is 1.59 bits per heavy atom. The second-order valence-electron chi connectivity index (χ2n) is 10.3. The summed E-state index contributed by atoms with van der Waals surface area (Å²) in [4.78, 5) is 9.69. The number of fused-ring (bicyclic) bond motifs is 2. The van der Waals surface area contributed by atoms with Crippen LogP contribution >= 0.6 is 11.6 Å². The molecule has 0 radical (unpaired) electrons. The minimum Gasteiger partial charge on any atom is -0.339 e. The van der Waals surface area contributed by atoms with Gasteiger partial charge in [-0.25, -0.2) is 9.98 Å². The van der Waals surface area contributed by atoms with E-state index in [0.717, 1.165) is 34.8 Å². The highest BCUT2D eigenvalue weighted by Gasteiger charge is 2.53. The van der Waals surface area contributed by atoms with Gasteiger partial charge in [0.1, 0.15) is 0 Å². The van der Waals surface area contributed by atoms with Gasteiger partial charge in [0.25, 0.3) is 0 Å². The fourth-order valence-electron chi connectivity index (χ4n) is 4.82. The lowest BCUT2D eigenvalue weighted by atomic mass is 9.68. The van der Waals surface area contributed by atoms with Crippen molar-refractivity contribution in [1.82, 2.24) is 4.98 Å². The highest BCUT2D eigenvalue weighted by molar-refractivity contribution is 6.33. The van der Waals surface area contributed by atoms with Gasteiger partial charge in [-0.15, -0.1) is 0 Å². The second kappa shape index (κ2) is 5.77. The van der Waals surface area contributed by atoms with Gasteiger partial charge < -0.3 is 9.47 Å². The van der Waals surface area contributed by atoms with E-state index in [1.165, 1.54) is 18.6 Å². The third-order valence-corrected chi connectivity index (χ3v) is 7.25. The number of hydrogen-bond acceptors (Lipinski definition) is 4. The van der Waals surface area contributed by atoms with Crippen LogP contribution in [0.5, 0.6) is 0 Å². The normalized spacial score (nSPS) is 25.9. The third kappa shape index (κ3) is 2.71. The van der Waals surface area contributed by atoms with Crippen molar-refractivity contribution in [3.05, 3.63) is 22.3 Å². The van der Waals surface area contributed by atoms with Gasteiger partial charge in [0.05, 0.1) is 16.2 Å². The maximum Gasteiger partial charge on any atom is 0.188 e. The second-order valence-corrected chi connectivity index (χ2v) is 10.7. The quantitative estimate of drug-likeness (QED) is 0.566. The highest BCUT2D eigenvalue weighted by atomic mass is 35.5. The Kier molecular flexibility index (Phi) is 4.14. The molecule has 4 rings (SSSR count). The van der Waals surface area contributed by atoms with Gasteiger partial charge in [0.2, 0.25) is 0 Å². The number of nitrogens with zero attached hydrogens (tertiary/aromatic N) is 2. The van der Waals surface area contributed by atoms with Crippen molar-refractivity contribution < 1.29 is 9.47 Å². The molecule has 0 N–H and O–H groups in total. The summed E-state index contributed by atoms with van der Waals surface area (Å²) in [7, 11) is 0. The molecule has 27 heavy (non-hydrogen) atoms. The van der Waals surface area contributed by atoms with Crippen LogP contribution in [0.1, 0.15) is 91.6 Å². The van der Waals surface area contributed by atoms with Crippen LogP contribution in [0.3, 0.4) is 0 Å². The molecule has 0 atom stereocenters. The van der Waals surface area contributed by atoms with Crippen LogP contribution in [-0.2, 0) is 14.9 Å². The van der Waals surface area contributed by atoms with Crippen molar-refractivity contribution in [1.29, 1.82) is 0 Å². The Morgan fingerprint density at radius 3 is 2.11 bits per heavy atom. The average Bonchev–Trinajstić information content (AvgIpc) is 3.17. The number of aromatic nitrogens is 1. The van der Waals surface area contributed by atoms with E-state index in [-0.39, 0.29) is 10.8 Å². The fraction of sp³-hybridized carbons (Fsp3) is 0.727. The van der Waals surface area contributed by atoms with Crippen LogP contribution in [0.25, 0.3) is 0 Å². The summed E-state index contributed by atoms with van der Waals surface area (Å²) in [6.07, 6.45) is 5.87. The Hall–Kier alpha value is -0.970. The third-order valence-electron chi connectivity index (χ3n) is 6.85. The topological polar surface area (TPSA) is 43.7 Å². The first kappa shape index (κ1) is 19.4. The zero-order chi connectivity index (χ0) is 19.8. The average molecular weight is 391 g/mol. The maximum absolute atomic E-state index is 7.03. The van der Waals surface area contributed by atoms with Gasteiger partial charge in [0.15, 0.2) is 12.1 Å². The molecule has 1 aromatic rings. The molecule has 1 saturated heterocycles. The molecule has 0 aromatic carbocycles. The molecule has 3 aliphatic rings. The summed E-state index contributed by atoms with van der Waals surface area (Å²) < 4.78 is 12.5. The summed E-state index contributed by atoms with van der Waals surface area (Å²) in [5, 5.41) is 0.725. The van der Waals surface area contributed by atoms with Crippen molar-refractivity contribution in [2.24, 2.45) is 10.4 Å². The van der Waals surface area contributed by atoms with Gasteiger partial charge in [-0.05, 0) is 40.5 Å². The van der Waals surface area contributed by atoms with E-state index >= 15 is 0 Å². The first-order chi connectivity index (χ1) is 12.4. The summed E-state index contributed by atoms with van der Waals surface area (Å²) >= 11 is 7.03. The van der Waals surface area contributed by atoms with Gasteiger partial charge in [-0.1, -0.05) is 45.2 Å². The Bertz CT molecular complexity index is 798. The lowest BCUT2D eigenvalue weighted by Gasteiger charge is -2.35. The molecule has 2 fully saturated rings. The summed E-state index contributed by atoms with van der Waals surface area (Å²) in [6.45, 7) is 14.9. The zero-order valence-electron chi connectivity index (χ0n) is 17.6. The molecule has 1 saturated carbocycles. The van der Waals surface area contributed by atoms with Crippen molar-refractivity contribution in [2.45, 2.75) is 97.1 Å². The van der Waals surface area contributed by atoms with E-state index in [4.69, 9.17) is 31.1 Å². The lowest BCUT2D eigenvalue weighted by molar-refractivity contribution is -0.0897. The van der Waals surface area contributed by atoms with Crippen LogP contribution < -0.4 is 0 Å². The van der Waals surface area contributed by atoms with E-state index in [0.29, 0.717) is 0 Å². The maximum atomic E-state index is 7.03. The molecule has 5 heteroatoms. The number of ether oxygens (including phenoxy) is 2. The van der Waals surface area contributed by atoms with Crippen LogP contribution in [0.15, 0.2) is 11.2 Å². The lowest BCUT2D eigenvalue weighted by Crippen LogP contribution is -2.41. The van der Waals surface area contributed by atoms with E-state index in [9.17, 15) is 0 Å². The fourth-order valence-corrected chi connectivity index (χ4v) is 5.22. The van der Waals surface area contributed by atoms with E-state index < -0.39 is 17.5 Å². The molecule has 0 bridgehead atoms. The Morgan fingerprint density at radius 1 is 1.04 bits per heavy atom. The predicted octanol–water partition coefficient (Wildman–Crippen LogP) is 6.28. The first-order valence-corrected chi connectivity index (χ1v) is 10.4. The standard InChI is InChI=1S/C22H31ClN2O2/c1-19(2,3)18-22(10-8-9-11-22)14-15(23)13(12-24-16(14)25-18)17-26-20(4,5)21(6,7)27-17/h12,17H,8-11H2,1-7H3. The molecule has 0 unspecified atom stereocenters. The van der Waals surface area contributed by atoms with Gasteiger partial charge in [-0.2, -0.15) is 0 Å². The van der Waals surface area contributed by atoms with Gasteiger partial charge >= 0.3 is 0 Å². The molecule has 1 spiro atoms. The van der Waals surface area contributed by atoms with Crippen molar-refractivity contribution >= 4 is 23.1 Å². The molecule has 1 aromatic heterocycles. The Labute approximate surface area is 167 Å². The Balaban J connectivity index is 1.82. The molecule has 1 aliphatic carbocycles. The first-order valence-electron chi connectivity index (χ1n) is 10.0. The number of hydrogen-bond donors (Lipinski definition) is 0. The van der Waals surface area contributed by atoms with Crippen LogP contribution in [0, 0.1) is 5.41 Å².